The molecule has 1 saturated heterocycles. The van der Waals surface area contributed by atoms with Gasteiger partial charge in [0.05, 0.1) is 17.7 Å². The normalized spacial score (nSPS) is 30.1. The minimum absolute atomic E-state index is 0.291. The summed E-state index contributed by atoms with van der Waals surface area (Å²) in [6.07, 6.45) is 1.45. The molecule has 1 aliphatic rings. The number of thiocarbonyl (C=S) groups is 1. The third kappa shape index (κ3) is 3.70. The van der Waals surface area contributed by atoms with Gasteiger partial charge in [-0.05, 0) is 13.3 Å². The van der Waals surface area contributed by atoms with Crippen LogP contribution in [-0.4, -0.2) is 41.7 Å². The Bertz CT molecular complexity index is 223. The van der Waals surface area contributed by atoms with Crippen LogP contribution in [0.5, 0.6) is 0 Å². The van der Waals surface area contributed by atoms with Gasteiger partial charge in [0.15, 0.2) is 0 Å². The molecule has 3 unspecified atom stereocenters. The van der Waals surface area contributed by atoms with Crippen LogP contribution in [0.1, 0.15) is 27.2 Å². The Morgan fingerprint density at radius 1 is 1.67 bits per heavy atom. The monoisotopic (exact) mass is 230 g/mol. The van der Waals surface area contributed by atoms with Crippen LogP contribution in [0.25, 0.3) is 0 Å². The number of nitrogens with two attached hydrogens (primary N) is 1. The van der Waals surface area contributed by atoms with Crippen LogP contribution in [-0.2, 0) is 4.74 Å². The fourth-order valence-electron chi connectivity index (χ4n) is 1.95. The third-order valence-corrected chi connectivity index (χ3v) is 3.45. The Labute approximate surface area is 98.0 Å². The summed E-state index contributed by atoms with van der Waals surface area (Å²) in [5, 5.41) is 0. The fourth-order valence-corrected chi connectivity index (χ4v) is 2.03. The lowest BCUT2D eigenvalue weighted by Gasteiger charge is -2.39. The van der Waals surface area contributed by atoms with Crippen molar-refractivity contribution in [2.24, 2.45) is 11.7 Å². The van der Waals surface area contributed by atoms with Crippen molar-refractivity contribution in [2.75, 3.05) is 19.7 Å². The van der Waals surface area contributed by atoms with Gasteiger partial charge >= 0.3 is 0 Å². The van der Waals surface area contributed by atoms with Crippen molar-refractivity contribution in [3.63, 3.8) is 0 Å². The van der Waals surface area contributed by atoms with Crippen LogP contribution >= 0.6 is 12.2 Å². The van der Waals surface area contributed by atoms with E-state index in [4.69, 9.17) is 22.7 Å². The summed E-state index contributed by atoms with van der Waals surface area (Å²) < 4.78 is 5.65. The first-order chi connectivity index (χ1) is 7.04. The Balaban J connectivity index is 2.51. The molecule has 0 spiro atoms. The quantitative estimate of drug-likeness (QED) is 0.741. The zero-order valence-electron chi connectivity index (χ0n) is 9.90. The standard InChI is InChI=1S/C11H22N2OS/c1-4-10-7-14-9(3)6-13(10)5-8(2)11(12)15/h8-10H,4-7H2,1-3H3,(H2,12,15). The molecule has 1 fully saturated rings. The molecule has 0 bridgehead atoms. The highest BCUT2D eigenvalue weighted by Gasteiger charge is 2.26. The first-order valence-electron chi connectivity index (χ1n) is 5.69. The molecule has 3 nitrogen and oxygen atoms in total. The van der Waals surface area contributed by atoms with E-state index in [9.17, 15) is 0 Å². The van der Waals surface area contributed by atoms with E-state index >= 15 is 0 Å². The fraction of sp³-hybridized carbons (Fsp3) is 0.909. The summed E-state index contributed by atoms with van der Waals surface area (Å²) in [7, 11) is 0. The molecule has 2 N–H and O–H groups in total. The number of hydrogen-bond donors (Lipinski definition) is 1. The van der Waals surface area contributed by atoms with Crippen molar-refractivity contribution in [1.82, 2.24) is 4.90 Å². The summed E-state index contributed by atoms with van der Waals surface area (Å²) in [5.74, 6) is 0.291. The highest BCUT2D eigenvalue weighted by atomic mass is 32.1. The SMILES string of the molecule is CCC1COC(C)CN1CC(C)C(N)=S. The van der Waals surface area contributed by atoms with Gasteiger partial charge < -0.3 is 10.5 Å². The van der Waals surface area contributed by atoms with E-state index in [0.29, 0.717) is 23.1 Å². The van der Waals surface area contributed by atoms with Crippen LogP contribution in [0.15, 0.2) is 0 Å². The van der Waals surface area contributed by atoms with Crippen molar-refractivity contribution >= 4 is 17.2 Å². The molecule has 0 aromatic heterocycles. The predicted molar refractivity (Wildman–Crippen MR) is 67.0 cm³/mol. The first kappa shape index (κ1) is 12.9. The molecule has 0 aromatic rings. The molecular weight excluding hydrogens is 208 g/mol. The summed E-state index contributed by atoms with van der Waals surface area (Å²) in [6.45, 7) is 9.19. The molecule has 88 valence electrons. The molecule has 0 radical (unpaired) electrons. The van der Waals surface area contributed by atoms with Crippen molar-refractivity contribution in [1.29, 1.82) is 0 Å². The number of ether oxygens (including phenoxy) is 1. The molecule has 1 aliphatic heterocycles. The van der Waals surface area contributed by atoms with Crippen molar-refractivity contribution in [2.45, 2.75) is 39.3 Å². The molecule has 15 heavy (non-hydrogen) atoms. The van der Waals surface area contributed by atoms with Crippen LogP contribution in [0, 0.1) is 5.92 Å². The zero-order chi connectivity index (χ0) is 11.4. The Kier molecular flexibility index (Phi) is 4.96. The Hall–Kier alpha value is -0.190. The molecule has 0 aliphatic carbocycles. The van der Waals surface area contributed by atoms with Gasteiger partial charge in [0.25, 0.3) is 0 Å². The summed E-state index contributed by atoms with van der Waals surface area (Å²) in [5.41, 5.74) is 5.65. The topological polar surface area (TPSA) is 38.5 Å². The van der Waals surface area contributed by atoms with E-state index in [-0.39, 0.29) is 0 Å². The molecular formula is C11H22N2OS. The number of rotatable bonds is 4. The van der Waals surface area contributed by atoms with Crippen LogP contribution in [0.3, 0.4) is 0 Å². The second kappa shape index (κ2) is 5.77. The van der Waals surface area contributed by atoms with Gasteiger partial charge in [-0.2, -0.15) is 0 Å². The third-order valence-electron chi connectivity index (χ3n) is 3.05. The van der Waals surface area contributed by atoms with Gasteiger partial charge in [-0.15, -0.1) is 0 Å². The average Bonchev–Trinajstić information content (AvgIpc) is 2.18. The van der Waals surface area contributed by atoms with E-state index in [1.807, 2.05) is 0 Å². The Morgan fingerprint density at radius 3 is 2.87 bits per heavy atom. The minimum atomic E-state index is 0.291. The summed E-state index contributed by atoms with van der Waals surface area (Å²) >= 11 is 5.01. The maximum Gasteiger partial charge on any atom is 0.0768 e. The second-order valence-electron chi connectivity index (χ2n) is 4.46. The van der Waals surface area contributed by atoms with Gasteiger partial charge in [0.2, 0.25) is 0 Å². The van der Waals surface area contributed by atoms with Gasteiger partial charge in [0.1, 0.15) is 0 Å². The van der Waals surface area contributed by atoms with Crippen molar-refractivity contribution < 1.29 is 4.74 Å². The van der Waals surface area contributed by atoms with Gasteiger partial charge in [0, 0.05) is 25.0 Å². The molecule has 1 heterocycles. The van der Waals surface area contributed by atoms with E-state index in [2.05, 4.69) is 25.7 Å². The van der Waals surface area contributed by atoms with Crippen molar-refractivity contribution in [3.8, 4) is 0 Å². The lowest BCUT2D eigenvalue weighted by atomic mass is 10.1. The lowest BCUT2D eigenvalue weighted by molar-refractivity contribution is -0.0576. The van der Waals surface area contributed by atoms with Gasteiger partial charge in [-0.1, -0.05) is 26.1 Å². The van der Waals surface area contributed by atoms with Crippen LogP contribution < -0.4 is 5.73 Å². The van der Waals surface area contributed by atoms with E-state index in [0.717, 1.165) is 26.1 Å². The predicted octanol–water partition coefficient (Wildman–Crippen LogP) is 1.41. The summed E-state index contributed by atoms with van der Waals surface area (Å²) in [6, 6.07) is 0.526. The second-order valence-corrected chi connectivity index (χ2v) is 4.93. The minimum Gasteiger partial charge on any atom is -0.393 e. The smallest absolute Gasteiger partial charge is 0.0768 e. The van der Waals surface area contributed by atoms with Gasteiger partial charge in [-0.3, -0.25) is 4.90 Å². The summed E-state index contributed by atoms with van der Waals surface area (Å²) in [4.78, 5) is 3.07. The Morgan fingerprint density at radius 2 is 2.33 bits per heavy atom. The maximum atomic E-state index is 5.65. The van der Waals surface area contributed by atoms with E-state index in [1.54, 1.807) is 0 Å². The molecule has 0 aromatic carbocycles. The molecule has 0 saturated carbocycles. The maximum absolute atomic E-state index is 5.65. The number of morpholine rings is 1. The average molecular weight is 230 g/mol. The first-order valence-corrected chi connectivity index (χ1v) is 6.10. The zero-order valence-corrected chi connectivity index (χ0v) is 10.7. The lowest BCUT2D eigenvalue weighted by Crippen LogP contribution is -2.50. The largest absolute Gasteiger partial charge is 0.393 e. The van der Waals surface area contributed by atoms with E-state index in [1.165, 1.54) is 0 Å². The van der Waals surface area contributed by atoms with Crippen LogP contribution in [0.4, 0.5) is 0 Å². The molecule has 1 rings (SSSR count). The van der Waals surface area contributed by atoms with Crippen molar-refractivity contribution in [3.05, 3.63) is 0 Å². The van der Waals surface area contributed by atoms with E-state index < -0.39 is 0 Å². The highest BCUT2D eigenvalue weighted by molar-refractivity contribution is 7.80. The van der Waals surface area contributed by atoms with Gasteiger partial charge in [-0.25, -0.2) is 0 Å². The number of hydrogen-bond acceptors (Lipinski definition) is 3. The van der Waals surface area contributed by atoms with Crippen LogP contribution in [0.2, 0.25) is 0 Å². The molecule has 3 atom stereocenters. The molecule has 4 heteroatoms. The highest BCUT2D eigenvalue weighted by Crippen LogP contribution is 2.16. The number of nitrogens with zero attached hydrogens (tertiary/aromatic N) is 1. The molecule has 0 amide bonds.